The minimum absolute atomic E-state index is 0.145. The van der Waals surface area contributed by atoms with Gasteiger partial charge in [0, 0.05) is 30.9 Å². The Bertz CT molecular complexity index is 1250. The number of benzene rings is 1. The maximum Gasteiger partial charge on any atom is 0.226 e. The number of fused-ring (bicyclic) bond motifs is 3. The lowest BCUT2D eigenvalue weighted by atomic mass is 10.1. The molecular formula is C22H23N5OS. The van der Waals surface area contributed by atoms with Crippen molar-refractivity contribution in [2.45, 2.75) is 26.3 Å². The lowest BCUT2D eigenvalue weighted by Gasteiger charge is -2.10. The smallest absolute Gasteiger partial charge is 0.226 e. The van der Waals surface area contributed by atoms with Gasteiger partial charge in [0.1, 0.15) is 5.52 Å². The molecule has 148 valence electrons. The SMILES string of the molecule is CNc1nc2cc(-c3cccc(CNC(=O)C4(C)CC4)c3)sc2c2c1ncn2C. The zero-order valence-corrected chi connectivity index (χ0v) is 17.6. The van der Waals surface area contributed by atoms with Gasteiger partial charge in [-0.2, -0.15) is 0 Å². The van der Waals surface area contributed by atoms with Gasteiger partial charge < -0.3 is 15.2 Å². The molecule has 4 aromatic rings. The highest BCUT2D eigenvalue weighted by Crippen LogP contribution is 2.45. The van der Waals surface area contributed by atoms with Crippen molar-refractivity contribution in [2.75, 3.05) is 12.4 Å². The maximum absolute atomic E-state index is 12.2. The van der Waals surface area contributed by atoms with Gasteiger partial charge >= 0.3 is 0 Å². The van der Waals surface area contributed by atoms with Gasteiger partial charge in [0.15, 0.2) is 5.82 Å². The first kappa shape index (κ1) is 18.1. The second-order valence-electron chi connectivity index (χ2n) is 8.03. The predicted octanol–water partition coefficient (Wildman–Crippen LogP) is 4.31. The summed E-state index contributed by atoms with van der Waals surface area (Å²) in [5, 5.41) is 6.24. The van der Waals surface area contributed by atoms with Gasteiger partial charge in [-0.05, 0) is 36.1 Å². The van der Waals surface area contributed by atoms with Gasteiger partial charge in [0.05, 0.1) is 22.1 Å². The number of carbonyl (C=O) groups is 1. The Labute approximate surface area is 173 Å². The van der Waals surface area contributed by atoms with Crippen molar-refractivity contribution in [3.05, 3.63) is 42.2 Å². The Morgan fingerprint density at radius 3 is 2.90 bits per heavy atom. The summed E-state index contributed by atoms with van der Waals surface area (Å²) in [6, 6.07) is 10.5. The summed E-state index contributed by atoms with van der Waals surface area (Å²) in [5.74, 6) is 0.953. The van der Waals surface area contributed by atoms with Gasteiger partial charge in [-0.25, -0.2) is 9.97 Å². The van der Waals surface area contributed by atoms with E-state index in [2.05, 4.69) is 39.9 Å². The van der Waals surface area contributed by atoms with E-state index in [4.69, 9.17) is 4.98 Å². The Morgan fingerprint density at radius 2 is 2.14 bits per heavy atom. The quantitative estimate of drug-likeness (QED) is 0.519. The van der Waals surface area contributed by atoms with Crippen molar-refractivity contribution < 1.29 is 4.79 Å². The highest BCUT2D eigenvalue weighted by atomic mass is 32.1. The second-order valence-corrected chi connectivity index (χ2v) is 9.08. The van der Waals surface area contributed by atoms with Crippen LogP contribution in [-0.2, 0) is 18.4 Å². The average Bonchev–Trinajstić information content (AvgIpc) is 3.17. The van der Waals surface area contributed by atoms with Crippen LogP contribution in [0.4, 0.5) is 5.82 Å². The number of aromatic nitrogens is 3. The number of amides is 1. The number of rotatable bonds is 5. The van der Waals surface area contributed by atoms with Gasteiger partial charge in [-0.1, -0.05) is 25.1 Å². The molecule has 1 amide bonds. The number of nitrogens with zero attached hydrogens (tertiary/aromatic N) is 3. The highest BCUT2D eigenvalue weighted by molar-refractivity contribution is 7.23. The zero-order chi connectivity index (χ0) is 20.2. The largest absolute Gasteiger partial charge is 0.371 e. The Kier molecular flexibility index (Phi) is 4.10. The number of hydrogen-bond donors (Lipinski definition) is 2. The molecule has 0 atom stereocenters. The number of aryl methyl sites for hydroxylation is 1. The summed E-state index contributed by atoms with van der Waals surface area (Å²) < 4.78 is 3.18. The van der Waals surface area contributed by atoms with Gasteiger partial charge in [0.25, 0.3) is 0 Å². The topological polar surface area (TPSA) is 71.8 Å². The summed E-state index contributed by atoms with van der Waals surface area (Å²) in [4.78, 5) is 22.7. The lowest BCUT2D eigenvalue weighted by molar-refractivity contribution is -0.125. The number of anilines is 1. The number of thiophene rings is 1. The molecule has 0 spiro atoms. The van der Waals surface area contributed by atoms with E-state index >= 15 is 0 Å². The van der Waals surface area contributed by atoms with Crippen LogP contribution < -0.4 is 10.6 Å². The molecule has 1 fully saturated rings. The molecule has 29 heavy (non-hydrogen) atoms. The molecule has 0 unspecified atom stereocenters. The number of imidazole rings is 1. The third-order valence-corrected chi connectivity index (χ3v) is 6.95. The van der Waals surface area contributed by atoms with Crippen molar-refractivity contribution in [3.8, 4) is 10.4 Å². The van der Waals surface area contributed by atoms with Crippen molar-refractivity contribution in [3.63, 3.8) is 0 Å². The average molecular weight is 406 g/mol. The summed E-state index contributed by atoms with van der Waals surface area (Å²) in [5.41, 5.74) is 5.04. The monoisotopic (exact) mass is 405 g/mol. The van der Waals surface area contributed by atoms with Crippen molar-refractivity contribution >= 4 is 44.3 Å². The van der Waals surface area contributed by atoms with E-state index in [9.17, 15) is 4.79 Å². The standard InChI is InChI=1S/C22H23N5OS/c1-22(7-8-22)21(28)24-11-13-5-4-6-14(9-13)16-10-15-19(29-16)18-17(20(23-2)26-15)25-12-27(18)3/h4-6,9-10,12H,7-8,11H2,1-3H3,(H,23,26)(H,24,28). The molecule has 5 rings (SSSR count). The van der Waals surface area contributed by atoms with Crippen molar-refractivity contribution in [1.29, 1.82) is 0 Å². The fourth-order valence-electron chi connectivity index (χ4n) is 3.64. The van der Waals surface area contributed by atoms with Crippen LogP contribution in [0, 0.1) is 5.41 Å². The summed E-state index contributed by atoms with van der Waals surface area (Å²) in [7, 11) is 3.88. The Balaban J connectivity index is 1.50. The summed E-state index contributed by atoms with van der Waals surface area (Å²) in [6.45, 7) is 2.59. The lowest BCUT2D eigenvalue weighted by Crippen LogP contribution is -2.29. The van der Waals surface area contributed by atoms with Crippen LogP contribution in [0.1, 0.15) is 25.3 Å². The maximum atomic E-state index is 12.2. The third kappa shape index (κ3) is 3.06. The molecule has 1 saturated carbocycles. The molecule has 0 radical (unpaired) electrons. The van der Waals surface area contributed by atoms with Crippen LogP contribution in [0.3, 0.4) is 0 Å². The van der Waals surface area contributed by atoms with Crippen molar-refractivity contribution in [2.24, 2.45) is 12.5 Å². The molecule has 2 N–H and O–H groups in total. The highest BCUT2D eigenvalue weighted by Gasteiger charge is 2.44. The molecule has 1 aromatic carbocycles. The fraction of sp³-hybridized carbons (Fsp3) is 0.318. The van der Waals surface area contributed by atoms with Crippen LogP contribution in [0.25, 0.3) is 31.7 Å². The molecule has 0 saturated heterocycles. The van der Waals surface area contributed by atoms with Crippen LogP contribution in [0.2, 0.25) is 0 Å². The van der Waals surface area contributed by atoms with E-state index in [1.165, 1.54) is 0 Å². The molecule has 0 aliphatic heterocycles. The first-order valence-electron chi connectivity index (χ1n) is 9.78. The van der Waals surface area contributed by atoms with Gasteiger partial charge in [0.2, 0.25) is 5.91 Å². The Hall–Kier alpha value is -2.93. The molecular weight excluding hydrogens is 382 g/mol. The molecule has 1 aliphatic rings. The third-order valence-electron chi connectivity index (χ3n) is 5.77. The normalized spacial score (nSPS) is 15.0. The van der Waals surface area contributed by atoms with E-state index in [1.807, 2.05) is 38.0 Å². The first-order valence-corrected chi connectivity index (χ1v) is 10.6. The molecule has 1 aliphatic carbocycles. The van der Waals surface area contributed by atoms with Crippen LogP contribution in [0.15, 0.2) is 36.7 Å². The molecule has 6 nitrogen and oxygen atoms in total. The Morgan fingerprint density at radius 1 is 1.31 bits per heavy atom. The van der Waals surface area contributed by atoms with Crippen LogP contribution >= 0.6 is 11.3 Å². The predicted molar refractivity (Wildman–Crippen MR) is 118 cm³/mol. The summed E-state index contributed by atoms with van der Waals surface area (Å²) in [6.07, 6.45) is 3.81. The number of nitrogens with one attached hydrogen (secondary N) is 2. The van der Waals surface area contributed by atoms with E-state index in [-0.39, 0.29) is 11.3 Å². The second kappa shape index (κ2) is 6.56. The van der Waals surface area contributed by atoms with Gasteiger partial charge in [-0.15, -0.1) is 11.3 Å². The zero-order valence-electron chi connectivity index (χ0n) is 16.7. The molecule has 7 heteroatoms. The first-order chi connectivity index (χ1) is 14.0. The van der Waals surface area contributed by atoms with Crippen molar-refractivity contribution in [1.82, 2.24) is 19.9 Å². The van der Waals surface area contributed by atoms with E-state index in [1.54, 1.807) is 11.3 Å². The molecule has 3 heterocycles. The van der Waals surface area contributed by atoms with Gasteiger partial charge in [-0.3, -0.25) is 4.79 Å². The fourth-order valence-corrected chi connectivity index (χ4v) is 4.82. The van der Waals surface area contributed by atoms with E-state index in [0.717, 1.165) is 55.9 Å². The summed E-state index contributed by atoms with van der Waals surface area (Å²) >= 11 is 1.73. The van der Waals surface area contributed by atoms with Crippen LogP contribution in [0.5, 0.6) is 0 Å². The van der Waals surface area contributed by atoms with E-state index in [0.29, 0.717) is 6.54 Å². The minimum Gasteiger partial charge on any atom is -0.371 e. The van der Waals surface area contributed by atoms with Crippen LogP contribution in [-0.4, -0.2) is 27.5 Å². The number of carbonyl (C=O) groups excluding carboxylic acids is 1. The molecule has 3 aromatic heterocycles. The minimum atomic E-state index is -0.145. The van der Waals surface area contributed by atoms with E-state index < -0.39 is 0 Å². The number of hydrogen-bond acceptors (Lipinski definition) is 5. The molecule has 0 bridgehead atoms. The number of pyridine rings is 1.